The monoisotopic (exact) mass is 388 g/mol. The highest BCUT2D eigenvalue weighted by atomic mass is 79.9. The molecule has 1 atom stereocenters. The van der Waals surface area contributed by atoms with Gasteiger partial charge in [-0.15, -0.1) is 12.4 Å². The minimum atomic E-state index is -3.54. The third kappa shape index (κ3) is 4.58. The Labute approximate surface area is 132 Å². The summed E-state index contributed by atoms with van der Waals surface area (Å²) in [6, 6.07) is 4.46. The van der Waals surface area contributed by atoms with E-state index in [1.54, 1.807) is 12.1 Å². The molecule has 1 aliphatic carbocycles. The standard InChI is InChI=1S/C11H14BrClN2O2S.ClH/c12-9-5-8(13)3-4-11(9)18(16,17)15-6-10(14)7-1-2-7;/h3-5,7,10,15H,1-2,6,14H2;1H. The molecule has 0 aromatic heterocycles. The second-order valence-electron chi connectivity index (χ2n) is 4.43. The maximum absolute atomic E-state index is 12.1. The van der Waals surface area contributed by atoms with E-state index in [1.165, 1.54) is 6.07 Å². The molecule has 108 valence electrons. The lowest BCUT2D eigenvalue weighted by Gasteiger charge is -2.13. The van der Waals surface area contributed by atoms with Crippen LogP contribution in [0.3, 0.4) is 0 Å². The second-order valence-corrected chi connectivity index (χ2v) is 7.45. The summed E-state index contributed by atoms with van der Waals surface area (Å²) in [5.41, 5.74) is 5.87. The molecular formula is C11H15BrCl2N2O2S. The van der Waals surface area contributed by atoms with E-state index in [4.69, 9.17) is 17.3 Å². The summed E-state index contributed by atoms with van der Waals surface area (Å²) < 4.78 is 27.1. The molecule has 1 aromatic rings. The SMILES string of the molecule is Cl.NC(CNS(=O)(=O)c1ccc(Cl)cc1Br)C1CC1. The highest BCUT2D eigenvalue weighted by Gasteiger charge is 2.29. The number of rotatable bonds is 5. The Hall–Kier alpha value is 0.150. The van der Waals surface area contributed by atoms with Crippen molar-refractivity contribution in [3.63, 3.8) is 0 Å². The van der Waals surface area contributed by atoms with Crippen LogP contribution in [0.25, 0.3) is 0 Å². The van der Waals surface area contributed by atoms with E-state index in [0.29, 0.717) is 15.4 Å². The predicted molar refractivity (Wildman–Crippen MR) is 82.3 cm³/mol. The summed E-state index contributed by atoms with van der Waals surface area (Å²) in [5.74, 6) is 0.460. The van der Waals surface area contributed by atoms with Crippen molar-refractivity contribution in [1.29, 1.82) is 0 Å². The van der Waals surface area contributed by atoms with Crippen LogP contribution in [-0.2, 0) is 10.0 Å². The Morgan fingerprint density at radius 3 is 2.63 bits per heavy atom. The average Bonchev–Trinajstić information content (AvgIpc) is 3.09. The molecule has 1 aromatic carbocycles. The lowest BCUT2D eigenvalue weighted by molar-refractivity contribution is 0.547. The van der Waals surface area contributed by atoms with Crippen LogP contribution >= 0.6 is 39.9 Å². The van der Waals surface area contributed by atoms with Crippen LogP contribution in [-0.4, -0.2) is 21.0 Å². The van der Waals surface area contributed by atoms with Gasteiger partial charge in [-0.3, -0.25) is 0 Å². The molecule has 2 rings (SSSR count). The Bertz CT molecular complexity index is 550. The maximum Gasteiger partial charge on any atom is 0.241 e. The predicted octanol–water partition coefficient (Wildman–Crippen LogP) is 2.54. The van der Waals surface area contributed by atoms with Crippen molar-refractivity contribution in [2.45, 2.75) is 23.8 Å². The van der Waals surface area contributed by atoms with Gasteiger partial charge in [-0.25, -0.2) is 13.1 Å². The molecule has 1 fully saturated rings. The third-order valence-electron chi connectivity index (χ3n) is 2.92. The quantitative estimate of drug-likeness (QED) is 0.812. The lowest BCUT2D eigenvalue weighted by Crippen LogP contribution is -2.38. The van der Waals surface area contributed by atoms with Crippen molar-refractivity contribution in [2.75, 3.05) is 6.54 Å². The molecule has 0 heterocycles. The van der Waals surface area contributed by atoms with E-state index in [9.17, 15) is 8.42 Å². The van der Waals surface area contributed by atoms with Gasteiger partial charge in [0, 0.05) is 22.1 Å². The van der Waals surface area contributed by atoms with E-state index in [2.05, 4.69) is 20.7 Å². The van der Waals surface area contributed by atoms with Gasteiger partial charge in [-0.05, 0) is 52.9 Å². The first-order valence-electron chi connectivity index (χ1n) is 5.60. The molecule has 0 amide bonds. The molecule has 0 aliphatic heterocycles. The van der Waals surface area contributed by atoms with Gasteiger partial charge < -0.3 is 5.73 Å². The number of hydrogen-bond donors (Lipinski definition) is 2. The highest BCUT2D eigenvalue weighted by Crippen LogP contribution is 2.31. The number of nitrogens with two attached hydrogens (primary N) is 1. The van der Waals surface area contributed by atoms with Crippen LogP contribution in [0, 0.1) is 5.92 Å². The zero-order valence-corrected chi connectivity index (χ0v) is 13.9. The summed E-state index contributed by atoms with van der Waals surface area (Å²) >= 11 is 8.98. The average molecular weight is 390 g/mol. The van der Waals surface area contributed by atoms with Crippen LogP contribution in [0.2, 0.25) is 5.02 Å². The van der Waals surface area contributed by atoms with E-state index in [0.717, 1.165) is 12.8 Å². The molecule has 0 bridgehead atoms. The summed E-state index contributed by atoms with van der Waals surface area (Å²) in [6.07, 6.45) is 2.18. The normalized spacial score (nSPS) is 16.8. The summed E-state index contributed by atoms with van der Waals surface area (Å²) in [6.45, 7) is 0.266. The molecule has 4 nitrogen and oxygen atoms in total. The van der Waals surface area contributed by atoms with Crippen molar-refractivity contribution < 1.29 is 8.42 Å². The number of hydrogen-bond acceptors (Lipinski definition) is 3. The van der Waals surface area contributed by atoms with Crippen LogP contribution in [0.4, 0.5) is 0 Å². The number of halogens is 3. The van der Waals surface area contributed by atoms with Gasteiger partial charge in [0.15, 0.2) is 0 Å². The molecule has 1 unspecified atom stereocenters. The third-order valence-corrected chi connectivity index (χ3v) is 5.56. The highest BCUT2D eigenvalue weighted by molar-refractivity contribution is 9.10. The Morgan fingerprint density at radius 1 is 1.47 bits per heavy atom. The fourth-order valence-corrected chi connectivity index (χ4v) is 4.12. The van der Waals surface area contributed by atoms with E-state index >= 15 is 0 Å². The Kier molecular flexibility index (Phi) is 6.10. The smallest absolute Gasteiger partial charge is 0.241 e. The van der Waals surface area contributed by atoms with Gasteiger partial charge in [0.25, 0.3) is 0 Å². The summed E-state index contributed by atoms with van der Waals surface area (Å²) in [7, 11) is -3.54. The molecule has 19 heavy (non-hydrogen) atoms. The minimum Gasteiger partial charge on any atom is -0.326 e. The first-order chi connectivity index (χ1) is 8.40. The van der Waals surface area contributed by atoms with Crippen molar-refractivity contribution in [2.24, 2.45) is 11.7 Å². The number of sulfonamides is 1. The zero-order valence-electron chi connectivity index (χ0n) is 9.97. The Balaban J connectivity index is 0.00000180. The molecule has 3 N–H and O–H groups in total. The van der Waals surface area contributed by atoms with Gasteiger partial charge in [0.05, 0.1) is 4.90 Å². The van der Waals surface area contributed by atoms with Gasteiger partial charge >= 0.3 is 0 Å². The van der Waals surface area contributed by atoms with Crippen LogP contribution in [0.15, 0.2) is 27.6 Å². The number of nitrogens with one attached hydrogen (secondary N) is 1. The summed E-state index contributed by atoms with van der Waals surface area (Å²) in [4.78, 5) is 0.176. The van der Waals surface area contributed by atoms with Crippen molar-refractivity contribution >= 4 is 50.0 Å². The second kappa shape index (κ2) is 6.74. The van der Waals surface area contributed by atoms with Gasteiger partial charge in [-0.1, -0.05) is 11.6 Å². The van der Waals surface area contributed by atoms with Crippen molar-refractivity contribution in [1.82, 2.24) is 4.72 Å². The van der Waals surface area contributed by atoms with Crippen molar-refractivity contribution in [3.05, 3.63) is 27.7 Å². The largest absolute Gasteiger partial charge is 0.326 e. The number of benzene rings is 1. The zero-order chi connectivity index (χ0) is 13.3. The van der Waals surface area contributed by atoms with E-state index in [1.807, 2.05) is 0 Å². The molecular weight excluding hydrogens is 375 g/mol. The molecule has 1 aliphatic rings. The van der Waals surface area contributed by atoms with E-state index in [-0.39, 0.29) is 29.9 Å². The molecule has 8 heteroatoms. The van der Waals surface area contributed by atoms with E-state index < -0.39 is 10.0 Å². The summed E-state index contributed by atoms with van der Waals surface area (Å²) in [5, 5.41) is 0.482. The minimum absolute atomic E-state index is 0. The Morgan fingerprint density at radius 2 is 2.11 bits per heavy atom. The molecule has 1 saturated carbocycles. The van der Waals surface area contributed by atoms with Gasteiger partial charge in [0.2, 0.25) is 10.0 Å². The van der Waals surface area contributed by atoms with Crippen LogP contribution < -0.4 is 10.5 Å². The fraction of sp³-hybridized carbons (Fsp3) is 0.455. The first kappa shape index (κ1) is 17.2. The maximum atomic E-state index is 12.1. The van der Waals surface area contributed by atoms with Crippen LogP contribution in [0.5, 0.6) is 0 Å². The molecule has 0 saturated heterocycles. The molecule has 0 spiro atoms. The van der Waals surface area contributed by atoms with Crippen LogP contribution in [0.1, 0.15) is 12.8 Å². The lowest BCUT2D eigenvalue weighted by atomic mass is 10.2. The fourth-order valence-electron chi connectivity index (χ4n) is 1.67. The first-order valence-corrected chi connectivity index (χ1v) is 8.26. The van der Waals surface area contributed by atoms with Gasteiger partial charge in [0.1, 0.15) is 0 Å². The topological polar surface area (TPSA) is 72.2 Å². The van der Waals surface area contributed by atoms with Crippen molar-refractivity contribution in [3.8, 4) is 0 Å². The molecule has 0 radical (unpaired) electrons. The van der Waals surface area contributed by atoms with Gasteiger partial charge in [-0.2, -0.15) is 0 Å².